The molecule has 0 bridgehead atoms. The summed E-state index contributed by atoms with van der Waals surface area (Å²) in [6.07, 6.45) is -0.175. The largest absolute Gasteiger partial charge is 0.504 e. The van der Waals surface area contributed by atoms with Crippen LogP contribution in [-0.2, 0) is 25.8 Å². The Morgan fingerprint density at radius 1 is 1.10 bits per heavy atom. The van der Waals surface area contributed by atoms with Gasteiger partial charge in [-0.25, -0.2) is 8.42 Å². The van der Waals surface area contributed by atoms with Crippen molar-refractivity contribution in [1.82, 2.24) is 5.16 Å². The van der Waals surface area contributed by atoms with Crippen molar-refractivity contribution in [1.29, 1.82) is 0 Å². The number of phenolic OH excluding ortho intramolecular Hbond substituents is 2. The maximum Gasteiger partial charge on any atom is 0.415 e. The zero-order chi connectivity index (χ0) is 21.7. The molecule has 11 nitrogen and oxygen atoms in total. The van der Waals surface area contributed by atoms with E-state index in [4.69, 9.17) is 9.47 Å². The van der Waals surface area contributed by atoms with Crippen molar-refractivity contribution < 1.29 is 42.4 Å². The third-order valence-corrected chi connectivity index (χ3v) is 5.55. The number of hydrogen-bond acceptors (Lipinski definition) is 10. The lowest BCUT2D eigenvalue weighted by Crippen LogP contribution is -2.31. The summed E-state index contributed by atoms with van der Waals surface area (Å²) in [4.78, 5) is 11.4. The van der Waals surface area contributed by atoms with Crippen LogP contribution in [0.15, 0.2) is 63.1 Å². The van der Waals surface area contributed by atoms with Gasteiger partial charge in [0.15, 0.2) is 11.5 Å². The highest BCUT2D eigenvalue weighted by molar-refractivity contribution is 7.91. The van der Waals surface area contributed by atoms with Crippen molar-refractivity contribution in [2.24, 2.45) is 0 Å². The van der Waals surface area contributed by atoms with Gasteiger partial charge in [-0.3, -0.25) is 9.42 Å². The van der Waals surface area contributed by atoms with Crippen molar-refractivity contribution in [2.75, 3.05) is 13.2 Å². The van der Waals surface area contributed by atoms with Crippen LogP contribution < -0.4 is 9.64 Å². The van der Waals surface area contributed by atoms with Crippen molar-refractivity contribution in [3.05, 3.63) is 59.3 Å². The number of aromatic hydroxyl groups is 2. The SMILES string of the molecule is O=C(Cc1ccc(O)c(O)c1)OCCOc1no[n+]([O-])c1S(=O)(=O)c1ccccc1. The molecule has 1 heterocycles. The second kappa shape index (κ2) is 8.69. The number of ether oxygens (including phenoxy) is 2. The predicted octanol–water partition coefficient (Wildman–Crippen LogP) is 0.717. The number of rotatable bonds is 8. The molecule has 0 saturated carbocycles. The van der Waals surface area contributed by atoms with Gasteiger partial charge in [0.2, 0.25) is 0 Å². The minimum atomic E-state index is -4.24. The van der Waals surface area contributed by atoms with Gasteiger partial charge in [0.1, 0.15) is 13.2 Å². The standard InChI is InChI=1S/C18H16N2O9S/c21-14-7-6-12(10-15(14)22)11-16(23)27-8-9-28-17-18(20(24)29-19-17)30(25,26)13-4-2-1-3-5-13/h1-7,10,21-22H,8-9,11H2. The molecule has 1 aromatic heterocycles. The monoisotopic (exact) mass is 436 g/mol. The van der Waals surface area contributed by atoms with Gasteiger partial charge in [0, 0.05) is 0 Å². The lowest BCUT2D eigenvalue weighted by molar-refractivity contribution is -0.832. The molecule has 0 saturated heterocycles. The van der Waals surface area contributed by atoms with E-state index in [-0.39, 0.29) is 40.9 Å². The lowest BCUT2D eigenvalue weighted by Gasteiger charge is -2.06. The molecular weight excluding hydrogens is 420 g/mol. The summed E-state index contributed by atoms with van der Waals surface area (Å²) in [6, 6.07) is 11.1. The van der Waals surface area contributed by atoms with Gasteiger partial charge in [-0.05, 0) is 34.7 Å². The van der Waals surface area contributed by atoms with Crippen LogP contribution in [0.1, 0.15) is 5.56 Å². The molecule has 0 aliphatic rings. The summed E-state index contributed by atoms with van der Waals surface area (Å²) in [7, 11) is -4.24. The van der Waals surface area contributed by atoms with Crippen molar-refractivity contribution in [3.63, 3.8) is 0 Å². The Labute approximate surface area is 170 Å². The minimum absolute atomic E-state index is 0.147. The van der Waals surface area contributed by atoms with Crippen LogP contribution in [-0.4, -0.2) is 43.0 Å². The molecule has 3 aromatic rings. The summed E-state index contributed by atoms with van der Waals surface area (Å²) >= 11 is 0. The van der Waals surface area contributed by atoms with E-state index in [1.165, 1.54) is 42.5 Å². The summed E-state index contributed by atoms with van der Waals surface area (Å²) in [5, 5.41) is 32.9. The van der Waals surface area contributed by atoms with E-state index in [0.29, 0.717) is 5.56 Å². The molecule has 2 aromatic carbocycles. The quantitative estimate of drug-likeness (QED) is 0.222. The highest BCUT2D eigenvalue weighted by Crippen LogP contribution is 2.26. The Morgan fingerprint density at radius 2 is 1.83 bits per heavy atom. The van der Waals surface area contributed by atoms with Gasteiger partial charge < -0.3 is 24.9 Å². The average Bonchev–Trinajstić information content (AvgIpc) is 3.10. The summed E-state index contributed by atoms with van der Waals surface area (Å²) in [6.45, 7) is -0.560. The highest BCUT2D eigenvalue weighted by Gasteiger charge is 2.35. The molecule has 0 fully saturated rings. The minimum Gasteiger partial charge on any atom is -0.504 e. The maximum absolute atomic E-state index is 12.6. The molecule has 0 unspecified atom stereocenters. The third-order valence-electron chi connectivity index (χ3n) is 3.83. The lowest BCUT2D eigenvalue weighted by atomic mass is 10.1. The molecule has 3 rings (SSSR count). The second-order valence-electron chi connectivity index (χ2n) is 5.93. The topological polar surface area (TPSA) is 163 Å². The van der Waals surface area contributed by atoms with E-state index < -0.39 is 26.7 Å². The Balaban J connectivity index is 1.58. The van der Waals surface area contributed by atoms with E-state index in [1.54, 1.807) is 6.07 Å². The second-order valence-corrected chi connectivity index (χ2v) is 7.79. The first kappa shape index (κ1) is 20.9. The molecule has 0 aliphatic carbocycles. The van der Waals surface area contributed by atoms with Crippen LogP contribution in [0.4, 0.5) is 0 Å². The molecule has 0 aliphatic heterocycles. The fourth-order valence-electron chi connectivity index (χ4n) is 2.43. The zero-order valence-electron chi connectivity index (χ0n) is 15.3. The number of phenols is 2. The zero-order valence-corrected chi connectivity index (χ0v) is 16.1. The molecule has 12 heteroatoms. The number of aromatic nitrogens is 2. The Morgan fingerprint density at radius 3 is 2.53 bits per heavy atom. The van der Waals surface area contributed by atoms with Crippen LogP contribution in [0, 0.1) is 5.21 Å². The first-order valence-electron chi connectivity index (χ1n) is 8.48. The Kier molecular flexibility index (Phi) is 6.06. The number of carbonyl (C=O) groups excluding carboxylic acids is 1. The van der Waals surface area contributed by atoms with Crippen LogP contribution in [0.25, 0.3) is 0 Å². The van der Waals surface area contributed by atoms with E-state index in [9.17, 15) is 28.6 Å². The first-order chi connectivity index (χ1) is 14.3. The van der Waals surface area contributed by atoms with Crippen molar-refractivity contribution in [2.45, 2.75) is 16.3 Å². The van der Waals surface area contributed by atoms with Crippen LogP contribution in [0.3, 0.4) is 0 Å². The van der Waals surface area contributed by atoms with Crippen LogP contribution in [0.5, 0.6) is 17.4 Å². The van der Waals surface area contributed by atoms with Gasteiger partial charge >= 0.3 is 16.9 Å². The molecule has 2 N–H and O–H groups in total. The molecule has 0 spiro atoms. The predicted molar refractivity (Wildman–Crippen MR) is 97.3 cm³/mol. The summed E-state index contributed by atoms with van der Waals surface area (Å²) in [5.74, 6) is -1.90. The van der Waals surface area contributed by atoms with Gasteiger partial charge in [-0.1, -0.05) is 24.3 Å². The van der Waals surface area contributed by atoms with Crippen LogP contribution in [0.2, 0.25) is 0 Å². The Bertz CT molecular complexity index is 1140. The van der Waals surface area contributed by atoms with E-state index in [1.807, 2.05) is 0 Å². The number of hydrogen-bond donors (Lipinski definition) is 2. The fourth-order valence-corrected chi connectivity index (χ4v) is 3.73. The highest BCUT2D eigenvalue weighted by atomic mass is 32.2. The molecule has 30 heavy (non-hydrogen) atoms. The van der Waals surface area contributed by atoms with E-state index in [2.05, 4.69) is 9.79 Å². The maximum atomic E-state index is 12.6. The molecule has 0 amide bonds. The number of nitrogens with zero attached hydrogens (tertiary/aromatic N) is 2. The van der Waals surface area contributed by atoms with Crippen molar-refractivity contribution in [3.8, 4) is 17.4 Å². The van der Waals surface area contributed by atoms with Gasteiger partial charge in [-0.2, -0.15) is 0 Å². The number of sulfone groups is 1. The molecule has 0 radical (unpaired) electrons. The van der Waals surface area contributed by atoms with Crippen LogP contribution >= 0.6 is 0 Å². The van der Waals surface area contributed by atoms with E-state index >= 15 is 0 Å². The molecule has 158 valence electrons. The first-order valence-corrected chi connectivity index (χ1v) is 9.96. The molecule has 0 atom stereocenters. The number of carbonyl (C=O) groups is 1. The number of esters is 1. The van der Waals surface area contributed by atoms with Gasteiger partial charge in [0.05, 0.1) is 16.5 Å². The van der Waals surface area contributed by atoms with E-state index in [0.717, 1.165) is 0 Å². The number of benzene rings is 2. The normalized spacial score (nSPS) is 11.2. The van der Waals surface area contributed by atoms with Gasteiger partial charge in [0.25, 0.3) is 9.84 Å². The van der Waals surface area contributed by atoms with Crippen molar-refractivity contribution >= 4 is 15.8 Å². The molecular formula is C18H16N2O9S. The fraction of sp³-hybridized carbons (Fsp3) is 0.167. The third kappa shape index (κ3) is 4.60. The Hall–Kier alpha value is -3.80. The summed E-state index contributed by atoms with van der Waals surface area (Å²) in [5.41, 5.74) is 0.413. The van der Waals surface area contributed by atoms with Gasteiger partial charge in [-0.15, -0.1) is 0 Å². The smallest absolute Gasteiger partial charge is 0.415 e. The average molecular weight is 436 g/mol. The summed E-state index contributed by atoms with van der Waals surface area (Å²) < 4.78 is 39.7.